The number of carbonyl (C=O) groups is 1. The Labute approximate surface area is 123 Å². The molecule has 2 heteroatoms. The van der Waals surface area contributed by atoms with Gasteiger partial charge in [0.15, 0.2) is 0 Å². The molecule has 0 radical (unpaired) electrons. The van der Waals surface area contributed by atoms with Crippen LogP contribution in [0.2, 0.25) is 0 Å². The summed E-state index contributed by atoms with van der Waals surface area (Å²) in [6.45, 7) is 10.5. The summed E-state index contributed by atoms with van der Waals surface area (Å²) in [4.78, 5) is 11.8. The summed E-state index contributed by atoms with van der Waals surface area (Å²) in [6.07, 6.45) is 3.85. The molecular formula is C18H28O2. The van der Waals surface area contributed by atoms with Crippen LogP contribution in [0.5, 0.6) is 0 Å². The van der Waals surface area contributed by atoms with Crippen molar-refractivity contribution in [3.05, 3.63) is 35.4 Å². The van der Waals surface area contributed by atoms with E-state index >= 15 is 0 Å². The number of hydrogen-bond acceptors (Lipinski definition) is 1. The van der Waals surface area contributed by atoms with E-state index in [1.807, 2.05) is 19.1 Å². The van der Waals surface area contributed by atoms with Crippen LogP contribution in [-0.2, 0) is 15.6 Å². The Morgan fingerprint density at radius 1 is 1.10 bits per heavy atom. The molecule has 0 fully saturated rings. The van der Waals surface area contributed by atoms with Gasteiger partial charge in [0.2, 0.25) is 0 Å². The molecule has 0 aliphatic carbocycles. The first kappa shape index (κ1) is 16.7. The van der Waals surface area contributed by atoms with Gasteiger partial charge in [-0.1, -0.05) is 71.2 Å². The maximum Gasteiger partial charge on any atom is 0.313 e. The monoisotopic (exact) mass is 276 g/mol. The van der Waals surface area contributed by atoms with Crippen LogP contribution in [0.1, 0.15) is 71.4 Å². The molecule has 0 aromatic heterocycles. The minimum Gasteiger partial charge on any atom is -0.481 e. The highest BCUT2D eigenvalue weighted by Gasteiger charge is 2.35. The number of rotatable bonds is 6. The molecule has 0 bridgehead atoms. The Morgan fingerprint density at radius 3 is 2.20 bits per heavy atom. The quantitative estimate of drug-likeness (QED) is 0.750. The van der Waals surface area contributed by atoms with Gasteiger partial charge in [0.25, 0.3) is 0 Å². The van der Waals surface area contributed by atoms with Crippen LogP contribution < -0.4 is 0 Å². The highest BCUT2D eigenvalue weighted by atomic mass is 16.4. The Balaban J connectivity index is 3.12. The van der Waals surface area contributed by atoms with E-state index in [1.54, 1.807) is 0 Å². The Morgan fingerprint density at radius 2 is 1.70 bits per heavy atom. The molecule has 0 aliphatic rings. The fourth-order valence-electron chi connectivity index (χ4n) is 2.43. The smallest absolute Gasteiger partial charge is 0.313 e. The zero-order valence-corrected chi connectivity index (χ0v) is 13.5. The molecule has 1 aromatic rings. The van der Waals surface area contributed by atoms with E-state index in [-0.39, 0.29) is 5.41 Å². The van der Waals surface area contributed by atoms with E-state index in [1.165, 1.54) is 5.56 Å². The largest absolute Gasteiger partial charge is 0.481 e. The highest BCUT2D eigenvalue weighted by molar-refractivity contribution is 5.80. The number of carboxylic acid groups (broad SMARTS) is 1. The Bertz CT molecular complexity index is 457. The summed E-state index contributed by atoms with van der Waals surface area (Å²) in [5.41, 5.74) is 1.38. The number of benzene rings is 1. The minimum atomic E-state index is -0.781. The first-order valence-corrected chi connectivity index (χ1v) is 7.56. The van der Waals surface area contributed by atoms with E-state index in [2.05, 4.69) is 39.8 Å². The Hall–Kier alpha value is -1.31. The summed E-state index contributed by atoms with van der Waals surface area (Å²) in [6, 6.07) is 8.09. The van der Waals surface area contributed by atoms with Gasteiger partial charge in [-0.2, -0.15) is 0 Å². The molecule has 0 spiro atoms. The van der Waals surface area contributed by atoms with E-state index in [0.29, 0.717) is 6.42 Å². The van der Waals surface area contributed by atoms with Gasteiger partial charge >= 0.3 is 5.97 Å². The van der Waals surface area contributed by atoms with Crippen molar-refractivity contribution < 1.29 is 9.90 Å². The van der Waals surface area contributed by atoms with Crippen LogP contribution in [0, 0.1) is 0 Å². The number of carboxylic acids is 1. The second-order valence-corrected chi connectivity index (χ2v) is 6.93. The third kappa shape index (κ3) is 3.84. The Kier molecular flexibility index (Phi) is 5.38. The first-order valence-electron chi connectivity index (χ1n) is 7.56. The van der Waals surface area contributed by atoms with Crippen molar-refractivity contribution in [1.82, 2.24) is 0 Å². The summed E-state index contributed by atoms with van der Waals surface area (Å²) < 4.78 is 0. The van der Waals surface area contributed by atoms with E-state index < -0.39 is 11.4 Å². The molecule has 0 saturated carbocycles. The van der Waals surface area contributed by atoms with Gasteiger partial charge in [-0.15, -0.1) is 0 Å². The van der Waals surface area contributed by atoms with Crippen LogP contribution >= 0.6 is 0 Å². The molecule has 1 aromatic carbocycles. The summed E-state index contributed by atoms with van der Waals surface area (Å²) in [5.74, 6) is -0.723. The zero-order chi connectivity index (χ0) is 15.4. The lowest BCUT2D eigenvalue weighted by Crippen LogP contribution is -2.32. The molecule has 2 nitrogen and oxygen atoms in total. The molecule has 0 aliphatic heterocycles. The lowest BCUT2D eigenvalue weighted by Gasteiger charge is -2.28. The lowest BCUT2D eigenvalue weighted by atomic mass is 9.75. The molecule has 0 heterocycles. The van der Waals surface area contributed by atoms with Gasteiger partial charge in [-0.3, -0.25) is 4.79 Å². The molecule has 1 unspecified atom stereocenters. The molecule has 1 rings (SSSR count). The van der Waals surface area contributed by atoms with Gasteiger partial charge < -0.3 is 5.11 Å². The van der Waals surface area contributed by atoms with Crippen molar-refractivity contribution in [3.8, 4) is 0 Å². The first-order chi connectivity index (χ1) is 9.21. The highest BCUT2D eigenvalue weighted by Crippen LogP contribution is 2.33. The SMILES string of the molecule is CCCCCC(C)(C(=O)O)c1cccc(C(C)(C)C)c1. The van der Waals surface area contributed by atoms with Crippen molar-refractivity contribution >= 4 is 5.97 Å². The van der Waals surface area contributed by atoms with Gasteiger partial charge in [-0.25, -0.2) is 0 Å². The van der Waals surface area contributed by atoms with Crippen molar-refractivity contribution in [2.24, 2.45) is 0 Å². The molecule has 112 valence electrons. The van der Waals surface area contributed by atoms with E-state index in [9.17, 15) is 9.90 Å². The van der Waals surface area contributed by atoms with Crippen LogP contribution in [0.15, 0.2) is 24.3 Å². The lowest BCUT2D eigenvalue weighted by molar-refractivity contribution is -0.143. The van der Waals surface area contributed by atoms with E-state index in [4.69, 9.17) is 0 Å². The van der Waals surface area contributed by atoms with Crippen LogP contribution in [0.3, 0.4) is 0 Å². The fraction of sp³-hybridized carbons (Fsp3) is 0.611. The normalized spacial score (nSPS) is 14.8. The van der Waals surface area contributed by atoms with Crippen molar-refractivity contribution in [3.63, 3.8) is 0 Å². The van der Waals surface area contributed by atoms with Gasteiger partial charge in [0.1, 0.15) is 0 Å². The molecule has 0 amide bonds. The summed E-state index contributed by atoms with van der Waals surface area (Å²) in [5, 5.41) is 9.68. The average molecular weight is 276 g/mol. The van der Waals surface area contributed by atoms with Gasteiger partial charge in [-0.05, 0) is 29.9 Å². The third-order valence-corrected chi connectivity index (χ3v) is 4.12. The summed E-state index contributed by atoms with van der Waals surface area (Å²) >= 11 is 0. The third-order valence-electron chi connectivity index (χ3n) is 4.12. The molecule has 0 saturated heterocycles. The maximum absolute atomic E-state index is 11.8. The van der Waals surface area contributed by atoms with Crippen molar-refractivity contribution in [2.45, 2.75) is 71.1 Å². The van der Waals surface area contributed by atoms with Crippen LogP contribution in [-0.4, -0.2) is 11.1 Å². The predicted octanol–water partition coefficient (Wildman–Crippen LogP) is 4.91. The second-order valence-electron chi connectivity index (χ2n) is 6.93. The van der Waals surface area contributed by atoms with Crippen molar-refractivity contribution in [2.75, 3.05) is 0 Å². The second kappa shape index (κ2) is 6.43. The molecule has 1 atom stereocenters. The van der Waals surface area contributed by atoms with Crippen molar-refractivity contribution in [1.29, 1.82) is 0 Å². The maximum atomic E-state index is 11.8. The minimum absolute atomic E-state index is 0.0405. The summed E-state index contributed by atoms with van der Waals surface area (Å²) in [7, 11) is 0. The van der Waals surface area contributed by atoms with Gasteiger partial charge in [0, 0.05) is 0 Å². The van der Waals surface area contributed by atoms with Gasteiger partial charge in [0.05, 0.1) is 5.41 Å². The molecule has 1 N–H and O–H groups in total. The van der Waals surface area contributed by atoms with Crippen LogP contribution in [0.4, 0.5) is 0 Å². The fourth-order valence-corrected chi connectivity index (χ4v) is 2.43. The number of hydrogen-bond donors (Lipinski definition) is 1. The van der Waals surface area contributed by atoms with Crippen LogP contribution in [0.25, 0.3) is 0 Å². The average Bonchev–Trinajstić information content (AvgIpc) is 2.37. The standard InChI is InChI=1S/C18H28O2/c1-6-7-8-12-18(5,16(19)20)15-11-9-10-14(13-15)17(2,3)4/h9-11,13H,6-8,12H2,1-5H3,(H,19,20). The molecule has 20 heavy (non-hydrogen) atoms. The molecular weight excluding hydrogens is 248 g/mol. The topological polar surface area (TPSA) is 37.3 Å². The number of unbranched alkanes of at least 4 members (excludes halogenated alkanes) is 2. The number of aliphatic carboxylic acids is 1. The van der Waals surface area contributed by atoms with E-state index in [0.717, 1.165) is 24.8 Å². The zero-order valence-electron chi connectivity index (χ0n) is 13.5. The predicted molar refractivity (Wildman–Crippen MR) is 84.3 cm³/mol.